The van der Waals surface area contributed by atoms with Crippen molar-refractivity contribution in [2.45, 2.75) is 84.2 Å². The van der Waals surface area contributed by atoms with E-state index >= 15 is 0 Å². The zero-order chi connectivity index (χ0) is 14.7. The van der Waals surface area contributed by atoms with E-state index < -0.39 is 0 Å². The van der Waals surface area contributed by atoms with E-state index in [-0.39, 0.29) is 0 Å². The predicted molar refractivity (Wildman–Crippen MR) is 89.7 cm³/mol. The first-order chi connectivity index (χ1) is 10.3. The summed E-state index contributed by atoms with van der Waals surface area (Å²) in [6.45, 7) is 6.88. The Morgan fingerprint density at radius 1 is 1.00 bits per heavy atom. The van der Waals surface area contributed by atoms with Gasteiger partial charge in [-0.1, -0.05) is 32.1 Å². The van der Waals surface area contributed by atoms with Crippen molar-refractivity contribution < 1.29 is 0 Å². The SMILES string of the molecule is Cc1cc(CNCC2CCCCC2)c(C)n1C1CCCC1. The topological polar surface area (TPSA) is 17.0 Å². The Hall–Kier alpha value is -0.760. The molecule has 2 heteroatoms. The molecular weight excluding hydrogens is 256 g/mol. The second kappa shape index (κ2) is 7.00. The van der Waals surface area contributed by atoms with Gasteiger partial charge in [0.1, 0.15) is 0 Å². The fourth-order valence-electron chi connectivity index (χ4n) is 4.55. The van der Waals surface area contributed by atoms with Gasteiger partial charge in [0.2, 0.25) is 0 Å². The largest absolute Gasteiger partial charge is 0.346 e. The van der Waals surface area contributed by atoms with Crippen LogP contribution in [0.3, 0.4) is 0 Å². The van der Waals surface area contributed by atoms with Crippen LogP contribution in [0.5, 0.6) is 0 Å². The van der Waals surface area contributed by atoms with Crippen molar-refractivity contribution in [2.75, 3.05) is 6.54 Å². The van der Waals surface area contributed by atoms with Crippen LogP contribution < -0.4 is 5.32 Å². The van der Waals surface area contributed by atoms with Crippen LogP contribution in [0, 0.1) is 19.8 Å². The summed E-state index contributed by atoms with van der Waals surface area (Å²) in [5.74, 6) is 0.928. The Labute approximate surface area is 130 Å². The number of aromatic nitrogens is 1. The van der Waals surface area contributed by atoms with Crippen molar-refractivity contribution in [1.82, 2.24) is 9.88 Å². The molecule has 2 aliphatic carbocycles. The van der Waals surface area contributed by atoms with Gasteiger partial charge in [0.05, 0.1) is 0 Å². The van der Waals surface area contributed by atoms with Crippen molar-refractivity contribution in [3.8, 4) is 0 Å². The van der Waals surface area contributed by atoms with E-state index in [0.29, 0.717) is 0 Å². The van der Waals surface area contributed by atoms with Gasteiger partial charge >= 0.3 is 0 Å². The molecule has 2 aliphatic rings. The van der Waals surface area contributed by atoms with Crippen LogP contribution in [0.4, 0.5) is 0 Å². The first-order valence-electron chi connectivity index (χ1n) is 9.13. The molecule has 21 heavy (non-hydrogen) atoms. The van der Waals surface area contributed by atoms with Crippen LogP contribution in [0.25, 0.3) is 0 Å². The lowest BCUT2D eigenvalue weighted by molar-refractivity contribution is 0.342. The summed E-state index contributed by atoms with van der Waals surface area (Å²) in [6.07, 6.45) is 12.8. The van der Waals surface area contributed by atoms with E-state index in [1.54, 1.807) is 0 Å². The van der Waals surface area contributed by atoms with Crippen molar-refractivity contribution >= 4 is 0 Å². The average molecular weight is 288 g/mol. The molecule has 2 saturated carbocycles. The summed E-state index contributed by atoms with van der Waals surface area (Å²) in [4.78, 5) is 0. The highest BCUT2D eigenvalue weighted by Crippen LogP contribution is 2.33. The summed E-state index contributed by atoms with van der Waals surface area (Å²) >= 11 is 0. The third-order valence-electron chi connectivity index (χ3n) is 5.75. The summed E-state index contributed by atoms with van der Waals surface area (Å²) in [6, 6.07) is 3.19. The Bertz CT molecular complexity index is 448. The van der Waals surface area contributed by atoms with Crippen LogP contribution in [0.15, 0.2) is 6.07 Å². The van der Waals surface area contributed by atoms with Gasteiger partial charge in [-0.3, -0.25) is 0 Å². The monoisotopic (exact) mass is 288 g/mol. The highest BCUT2D eigenvalue weighted by molar-refractivity contribution is 5.27. The van der Waals surface area contributed by atoms with E-state index in [9.17, 15) is 0 Å². The molecule has 1 aromatic rings. The molecule has 0 bridgehead atoms. The Morgan fingerprint density at radius 2 is 1.67 bits per heavy atom. The summed E-state index contributed by atoms with van der Waals surface area (Å²) in [7, 11) is 0. The fraction of sp³-hybridized carbons (Fsp3) is 0.789. The van der Waals surface area contributed by atoms with Gasteiger partial charge in [0.25, 0.3) is 0 Å². The second-order valence-corrected chi connectivity index (χ2v) is 7.34. The van der Waals surface area contributed by atoms with Crippen molar-refractivity contribution in [2.24, 2.45) is 5.92 Å². The Kier molecular flexibility index (Phi) is 5.05. The molecule has 0 aliphatic heterocycles. The van der Waals surface area contributed by atoms with E-state index in [1.165, 1.54) is 81.3 Å². The third kappa shape index (κ3) is 3.53. The maximum atomic E-state index is 3.73. The van der Waals surface area contributed by atoms with Crippen molar-refractivity contribution in [3.63, 3.8) is 0 Å². The average Bonchev–Trinajstić information content (AvgIpc) is 3.09. The highest BCUT2D eigenvalue weighted by atomic mass is 15.0. The summed E-state index contributed by atoms with van der Waals surface area (Å²) in [5.41, 5.74) is 4.50. The molecule has 2 fully saturated rings. The Morgan fingerprint density at radius 3 is 2.38 bits per heavy atom. The lowest BCUT2D eigenvalue weighted by Gasteiger charge is -2.22. The quantitative estimate of drug-likeness (QED) is 0.816. The van der Waals surface area contributed by atoms with Gasteiger partial charge in [-0.2, -0.15) is 0 Å². The van der Waals surface area contributed by atoms with Crippen LogP contribution in [-0.2, 0) is 6.54 Å². The summed E-state index contributed by atoms with van der Waals surface area (Å²) in [5, 5.41) is 3.73. The van der Waals surface area contributed by atoms with Gasteiger partial charge < -0.3 is 9.88 Å². The third-order valence-corrected chi connectivity index (χ3v) is 5.75. The standard InChI is InChI=1S/C19H32N2/c1-15-12-18(14-20-13-17-8-4-3-5-9-17)16(2)21(15)19-10-6-7-11-19/h12,17,19-20H,3-11,13-14H2,1-2H3. The number of nitrogens with zero attached hydrogens (tertiary/aromatic N) is 1. The van der Waals surface area contributed by atoms with Crippen molar-refractivity contribution in [1.29, 1.82) is 0 Å². The second-order valence-electron chi connectivity index (χ2n) is 7.34. The van der Waals surface area contributed by atoms with Gasteiger partial charge in [0.15, 0.2) is 0 Å². The first-order valence-corrected chi connectivity index (χ1v) is 9.13. The van der Waals surface area contributed by atoms with Gasteiger partial charge in [-0.25, -0.2) is 0 Å². The molecule has 0 unspecified atom stereocenters. The minimum absolute atomic E-state index is 0.775. The molecule has 0 spiro atoms. The zero-order valence-electron chi connectivity index (χ0n) is 14.0. The predicted octanol–water partition coefficient (Wildman–Crippen LogP) is 4.89. The lowest BCUT2D eigenvalue weighted by atomic mass is 9.89. The fourth-order valence-corrected chi connectivity index (χ4v) is 4.55. The van der Waals surface area contributed by atoms with E-state index in [4.69, 9.17) is 0 Å². The minimum atomic E-state index is 0.775. The van der Waals surface area contributed by atoms with Gasteiger partial charge in [-0.15, -0.1) is 0 Å². The number of hydrogen-bond acceptors (Lipinski definition) is 1. The Balaban J connectivity index is 1.56. The van der Waals surface area contributed by atoms with E-state index in [0.717, 1.165) is 18.5 Å². The normalized spacial score (nSPS) is 21.2. The molecule has 118 valence electrons. The van der Waals surface area contributed by atoms with Crippen LogP contribution in [0.2, 0.25) is 0 Å². The molecular formula is C19H32N2. The van der Waals surface area contributed by atoms with Crippen LogP contribution >= 0.6 is 0 Å². The van der Waals surface area contributed by atoms with Gasteiger partial charge in [-0.05, 0) is 63.6 Å². The van der Waals surface area contributed by atoms with E-state index in [2.05, 4.69) is 29.8 Å². The lowest BCUT2D eigenvalue weighted by Crippen LogP contribution is -2.24. The molecule has 1 heterocycles. The molecule has 1 aromatic heterocycles. The molecule has 0 saturated heterocycles. The van der Waals surface area contributed by atoms with Gasteiger partial charge in [0, 0.05) is 24.0 Å². The maximum absolute atomic E-state index is 3.73. The van der Waals surface area contributed by atoms with Crippen LogP contribution in [0.1, 0.15) is 80.8 Å². The number of nitrogens with one attached hydrogen (secondary N) is 1. The molecule has 0 radical (unpaired) electrons. The maximum Gasteiger partial charge on any atom is 0.0335 e. The minimum Gasteiger partial charge on any atom is -0.346 e. The molecule has 0 aromatic carbocycles. The highest BCUT2D eigenvalue weighted by Gasteiger charge is 2.21. The molecule has 0 atom stereocenters. The number of hydrogen-bond donors (Lipinski definition) is 1. The molecule has 1 N–H and O–H groups in total. The molecule has 0 amide bonds. The van der Waals surface area contributed by atoms with Crippen molar-refractivity contribution in [3.05, 3.63) is 23.0 Å². The first kappa shape index (κ1) is 15.1. The van der Waals surface area contributed by atoms with E-state index in [1.807, 2.05) is 0 Å². The van der Waals surface area contributed by atoms with Crippen LogP contribution in [-0.4, -0.2) is 11.1 Å². The number of aryl methyl sites for hydroxylation is 1. The molecule has 2 nitrogen and oxygen atoms in total. The zero-order valence-corrected chi connectivity index (χ0v) is 14.0. The summed E-state index contributed by atoms with van der Waals surface area (Å²) < 4.78 is 2.62. The smallest absolute Gasteiger partial charge is 0.0335 e. The molecule has 3 rings (SSSR count). The number of rotatable bonds is 5.